The lowest BCUT2D eigenvalue weighted by molar-refractivity contribution is -0.127. The van der Waals surface area contributed by atoms with E-state index in [1.807, 2.05) is 6.07 Å². The van der Waals surface area contributed by atoms with E-state index in [9.17, 15) is 14.4 Å². The number of carbonyl (C=O) groups excluding carboxylic acids is 3. The number of hydrogen-bond acceptors (Lipinski definition) is 5. The molecule has 1 aromatic rings. The molecule has 8 heteroatoms. The predicted octanol–water partition coefficient (Wildman–Crippen LogP) is -1.40. The normalized spacial score (nSPS) is 16.2. The molecule has 1 aliphatic rings. The first-order valence-electron chi connectivity index (χ1n) is 6.78. The molecule has 118 valence electrons. The molecule has 0 aromatic heterocycles. The van der Waals surface area contributed by atoms with Crippen molar-refractivity contribution in [3.63, 3.8) is 0 Å². The topological polar surface area (TPSA) is 114 Å². The largest absolute Gasteiger partial charge is 0.477 e. The molecule has 0 unspecified atom stereocenters. The smallest absolute Gasteiger partial charge is 0.262 e. The molecule has 0 fully saturated rings. The first-order valence-corrected chi connectivity index (χ1v) is 6.78. The molecule has 0 saturated carbocycles. The standard InChI is InChI=1S/C14H18N4O4/c1-16-14(21)11-7-18(8-13(20)17-6-12(15)19)9-4-2-3-5-10(9)22-11/h2-5,11H,6-8H2,1H3,(H2,15,19)(H,16,21)(H,17,20)/t11-/m0/s1. The number of hydrogen-bond donors (Lipinski definition) is 3. The third-order valence-electron chi connectivity index (χ3n) is 3.19. The lowest BCUT2D eigenvalue weighted by Gasteiger charge is -2.34. The third-order valence-corrected chi connectivity index (χ3v) is 3.19. The summed E-state index contributed by atoms with van der Waals surface area (Å²) in [5, 5.41) is 4.95. The van der Waals surface area contributed by atoms with Crippen LogP contribution in [0.4, 0.5) is 5.69 Å². The molecule has 22 heavy (non-hydrogen) atoms. The van der Waals surface area contributed by atoms with Crippen LogP contribution in [0.15, 0.2) is 24.3 Å². The summed E-state index contributed by atoms with van der Waals surface area (Å²) in [5.74, 6) is -0.702. The number of primary amides is 1. The molecule has 1 aromatic carbocycles. The number of anilines is 1. The van der Waals surface area contributed by atoms with Crippen molar-refractivity contribution >= 4 is 23.4 Å². The number of fused-ring (bicyclic) bond motifs is 1. The Labute approximate surface area is 127 Å². The van der Waals surface area contributed by atoms with E-state index in [0.717, 1.165) is 5.69 Å². The number of amides is 3. The van der Waals surface area contributed by atoms with Crippen molar-refractivity contribution in [1.29, 1.82) is 0 Å². The van der Waals surface area contributed by atoms with Crippen molar-refractivity contribution in [2.45, 2.75) is 6.10 Å². The lowest BCUT2D eigenvalue weighted by Crippen LogP contribution is -2.51. The minimum Gasteiger partial charge on any atom is -0.477 e. The number of rotatable bonds is 5. The van der Waals surface area contributed by atoms with Gasteiger partial charge in [0.1, 0.15) is 5.75 Å². The van der Waals surface area contributed by atoms with Crippen LogP contribution < -0.4 is 26.0 Å². The van der Waals surface area contributed by atoms with Gasteiger partial charge >= 0.3 is 0 Å². The summed E-state index contributed by atoms with van der Waals surface area (Å²) in [4.78, 5) is 36.1. The molecule has 2 rings (SSSR count). The van der Waals surface area contributed by atoms with Crippen molar-refractivity contribution in [3.8, 4) is 5.75 Å². The minimum absolute atomic E-state index is 0.00114. The molecule has 0 radical (unpaired) electrons. The average Bonchev–Trinajstić information content (AvgIpc) is 2.52. The molecule has 8 nitrogen and oxygen atoms in total. The van der Waals surface area contributed by atoms with Gasteiger partial charge in [-0.3, -0.25) is 14.4 Å². The van der Waals surface area contributed by atoms with Crippen LogP contribution in [0.3, 0.4) is 0 Å². The van der Waals surface area contributed by atoms with E-state index in [1.54, 1.807) is 23.1 Å². The fourth-order valence-electron chi connectivity index (χ4n) is 2.17. The van der Waals surface area contributed by atoms with E-state index in [1.165, 1.54) is 7.05 Å². The van der Waals surface area contributed by atoms with Gasteiger partial charge in [0.25, 0.3) is 5.91 Å². The maximum atomic E-state index is 11.9. The van der Waals surface area contributed by atoms with Gasteiger partial charge in [-0.05, 0) is 12.1 Å². The van der Waals surface area contributed by atoms with Crippen molar-refractivity contribution in [1.82, 2.24) is 10.6 Å². The van der Waals surface area contributed by atoms with Crippen molar-refractivity contribution in [3.05, 3.63) is 24.3 Å². The predicted molar refractivity (Wildman–Crippen MR) is 79.3 cm³/mol. The number of carbonyl (C=O) groups is 3. The monoisotopic (exact) mass is 306 g/mol. The SMILES string of the molecule is CNC(=O)[C@@H]1CN(CC(=O)NCC(N)=O)c2ccccc2O1. The van der Waals surface area contributed by atoms with Gasteiger partial charge in [-0.2, -0.15) is 0 Å². The summed E-state index contributed by atoms with van der Waals surface area (Å²) in [5.41, 5.74) is 5.71. The first kappa shape index (κ1) is 15.6. The average molecular weight is 306 g/mol. The van der Waals surface area contributed by atoms with E-state index >= 15 is 0 Å². The third kappa shape index (κ3) is 3.66. The van der Waals surface area contributed by atoms with Crippen LogP contribution in [0.1, 0.15) is 0 Å². The number of ether oxygens (including phenoxy) is 1. The van der Waals surface area contributed by atoms with Gasteiger partial charge in [0.05, 0.1) is 25.3 Å². The Hall–Kier alpha value is -2.77. The van der Waals surface area contributed by atoms with E-state index in [0.29, 0.717) is 5.75 Å². The molecule has 1 heterocycles. The summed E-state index contributed by atoms with van der Waals surface area (Å²) >= 11 is 0. The molecular formula is C14H18N4O4. The highest BCUT2D eigenvalue weighted by molar-refractivity contribution is 5.88. The number of nitrogens with zero attached hydrogens (tertiary/aromatic N) is 1. The molecule has 1 aliphatic heterocycles. The highest BCUT2D eigenvalue weighted by atomic mass is 16.5. The van der Waals surface area contributed by atoms with Crippen molar-refractivity contribution < 1.29 is 19.1 Å². The minimum atomic E-state index is -0.705. The van der Waals surface area contributed by atoms with Crippen LogP contribution in [0, 0.1) is 0 Å². The van der Waals surface area contributed by atoms with Gasteiger partial charge in [-0.25, -0.2) is 0 Å². The Morgan fingerprint density at radius 1 is 1.36 bits per heavy atom. The van der Waals surface area contributed by atoms with Gasteiger partial charge in [0.2, 0.25) is 11.8 Å². The van der Waals surface area contributed by atoms with Crippen LogP contribution in [-0.4, -0.2) is 50.5 Å². The summed E-state index contributed by atoms with van der Waals surface area (Å²) < 4.78 is 5.64. The van der Waals surface area contributed by atoms with Crippen LogP contribution in [0.5, 0.6) is 5.75 Å². The second kappa shape index (κ2) is 6.79. The Balaban J connectivity index is 2.12. The molecule has 0 bridgehead atoms. The van der Waals surface area contributed by atoms with Crippen LogP contribution in [0.25, 0.3) is 0 Å². The Morgan fingerprint density at radius 2 is 2.09 bits per heavy atom. The Bertz CT molecular complexity index is 590. The quantitative estimate of drug-likeness (QED) is 0.619. The number of nitrogens with two attached hydrogens (primary N) is 1. The summed E-state index contributed by atoms with van der Waals surface area (Å²) in [6.45, 7) is 0.0194. The molecule has 0 aliphatic carbocycles. The molecule has 4 N–H and O–H groups in total. The lowest BCUT2D eigenvalue weighted by atomic mass is 10.1. The maximum Gasteiger partial charge on any atom is 0.262 e. The van der Waals surface area contributed by atoms with Gasteiger partial charge in [-0.1, -0.05) is 12.1 Å². The van der Waals surface area contributed by atoms with Gasteiger partial charge in [0.15, 0.2) is 6.10 Å². The number of para-hydroxylation sites is 2. The van der Waals surface area contributed by atoms with Crippen molar-refractivity contribution in [2.24, 2.45) is 5.73 Å². The zero-order valence-electron chi connectivity index (χ0n) is 12.2. The summed E-state index contributed by atoms with van der Waals surface area (Å²) in [7, 11) is 1.52. The first-order chi connectivity index (χ1) is 10.5. The number of likely N-dealkylation sites (N-methyl/N-ethyl adjacent to an activating group) is 1. The zero-order chi connectivity index (χ0) is 16.1. The second-order valence-corrected chi connectivity index (χ2v) is 4.81. The van der Waals surface area contributed by atoms with E-state index in [2.05, 4.69) is 10.6 Å². The molecule has 0 saturated heterocycles. The summed E-state index contributed by atoms with van der Waals surface area (Å²) in [6.07, 6.45) is -0.705. The van der Waals surface area contributed by atoms with Crippen LogP contribution in [-0.2, 0) is 14.4 Å². The number of benzene rings is 1. The van der Waals surface area contributed by atoms with Crippen LogP contribution in [0.2, 0.25) is 0 Å². The van der Waals surface area contributed by atoms with Gasteiger partial charge in [0, 0.05) is 7.05 Å². The molecule has 3 amide bonds. The molecule has 0 spiro atoms. The number of nitrogens with one attached hydrogen (secondary N) is 2. The highest BCUT2D eigenvalue weighted by Crippen LogP contribution is 2.32. The van der Waals surface area contributed by atoms with E-state index < -0.39 is 12.0 Å². The van der Waals surface area contributed by atoms with Crippen molar-refractivity contribution in [2.75, 3.05) is 31.6 Å². The Morgan fingerprint density at radius 3 is 2.77 bits per heavy atom. The molecule has 1 atom stereocenters. The van der Waals surface area contributed by atoms with E-state index in [4.69, 9.17) is 10.5 Å². The van der Waals surface area contributed by atoms with Gasteiger partial charge in [-0.15, -0.1) is 0 Å². The Kier molecular flexibility index (Phi) is 4.82. The van der Waals surface area contributed by atoms with E-state index in [-0.39, 0.29) is 31.4 Å². The van der Waals surface area contributed by atoms with Crippen LogP contribution >= 0.6 is 0 Å². The second-order valence-electron chi connectivity index (χ2n) is 4.81. The summed E-state index contributed by atoms with van der Waals surface area (Å²) in [6, 6.07) is 7.14. The highest BCUT2D eigenvalue weighted by Gasteiger charge is 2.30. The fraction of sp³-hybridized carbons (Fsp3) is 0.357. The zero-order valence-corrected chi connectivity index (χ0v) is 12.2. The fourth-order valence-corrected chi connectivity index (χ4v) is 2.17. The van der Waals surface area contributed by atoms with Gasteiger partial charge < -0.3 is 26.0 Å². The molecular weight excluding hydrogens is 288 g/mol. The maximum absolute atomic E-state index is 11.9.